The van der Waals surface area contributed by atoms with Crippen LogP contribution in [-0.4, -0.2) is 54.9 Å². The fourth-order valence-corrected chi connectivity index (χ4v) is 4.04. The van der Waals surface area contributed by atoms with Crippen LogP contribution in [-0.2, 0) is 11.3 Å². The molecule has 1 amide bonds. The molecular weight excluding hydrogens is 391 g/mol. The molecule has 1 aromatic heterocycles. The van der Waals surface area contributed by atoms with Crippen molar-refractivity contribution in [1.29, 1.82) is 0 Å². The van der Waals surface area contributed by atoms with Gasteiger partial charge in [0.15, 0.2) is 11.6 Å². The second-order valence-corrected chi connectivity index (χ2v) is 8.14. The fourth-order valence-electron chi connectivity index (χ4n) is 4.04. The maximum atomic E-state index is 12.4. The topological polar surface area (TPSA) is 96.6 Å². The van der Waals surface area contributed by atoms with Gasteiger partial charge in [-0.2, -0.15) is 9.97 Å². The Morgan fingerprint density at radius 1 is 1.29 bits per heavy atom. The summed E-state index contributed by atoms with van der Waals surface area (Å²) in [5.41, 5.74) is 8.61. The molecule has 2 radical (unpaired) electrons. The van der Waals surface area contributed by atoms with E-state index in [-0.39, 0.29) is 24.3 Å². The molecule has 9 heteroatoms. The van der Waals surface area contributed by atoms with Crippen LogP contribution in [0, 0.1) is 0 Å². The molecule has 1 saturated heterocycles. The van der Waals surface area contributed by atoms with Crippen LogP contribution in [0.15, 0.2) is 24.3 Å². The average Bonchev–Trinajstić information content (AvgIpc) is 3.27. The molecule has 2 aromatic rings. The first-order valence-electron chi connectivity index (χ1n) is 11.0. The van der Waals surface area contributed by atoms with Crippen molar-refractivity contribution in [3.63, 3.8) is 0 Å². The van der Waals surface area contributed by atoms with Gasteiger partial charge in [0.1, 0.15) is 13.5 Å². The zero-order chi connectivity index (χ0) is 21.8. The van der Waals surface area contributed by atoms with Crippen molar-refractivity contribution in [1.82, 2.24) is 14.9 Å². The van der Waals surface area contributed by atoms with Crippen LogP contribution in [0.5, 0.6) is 6.01 Å². The molecule has 1 fully saturated rings. The number of likely N-dealkylation sites (tertiary alicyclic amines) is 1. The number of carbonyl (C=O) groups excluding carboxylic acids is 1. The number of benzene rings is 1. The van der Waals surface area contributed by atoms with Crippen LogP contribution in [0.2, 0.25) is 0 Å². The first-order chi connectivity index (χ1) is 15.0. The van der Waals surface area contributed by atoms with Gasteiger partial charge in [0.25, 0.3) is 0 Å². The number of anilines is 3. The van der Waals surface area contributed by atoms with E-state index in [1.165, 1.54) is 18.4 Å². The molecular formula is C22H29BN6O2. The predicted molar refractivity (Wildman–Crippen MR) is 122 cm³/mol. The molecule has 31 heavy (non-hydrogen) atoms. The highest BCUT2D eigenvalue weighted by Gasteiger charge is 2.30. The molecule has 8 nitrogen and oxygen atoms in total. The summed E-state index contributed by atoms with van der Waals surface area (Å²) < 4.78 is 5.66. The Labute approximate surface area is 184 Å². The van der Waals surface area contributed by atoms with Crippen molar-refractivity contribution in [3.05, 3.63) is 35.4 Å². The van der Waals surface area contributed by atoms with Crippen LogP contribution in [0.25, 0.3) is 0 Å². The minimum atomic E-state index is -0.555. The summed E-state index contributed by atoms with van der Waals surface area (Å²) in [6, 6.07) is 8.41. The maximum absolute atomic E-state index is 12.4. The van der Waals surface area contributed by atoms with Crippen molar-refractivity contribution in [2.45, 2.75) is 45.1 Å². The van der Waals surface area contributed by atoms with Gasteiger partial charge < -0.3 is 20.7 Å². The van der Waals surface area contributed by atoms with Crippen molar-refractivity contribution in [2.75, 3.05) is 42.2 Å². The van der Waals surface area contributed by atoms with Gasteiger partial charge >= 0.3 is 6.01 Å². The molecule has 2 aliphatic rings. The van der Waals surface area contributed by atoms with E-state index < -0.39 is 5.94 Å². The van der Waals surface area contributed by atoms with Crippen molar-refractivity contribution < 1.29 is 9.53 Å². The number of amides is 1. The second kappa shape index (κ2) is 9.55. The molecule has 3 heterocycles. The normalized spacial score (nSPS) is 17.3. The lowest BCUT2D eigenvalue weighted by molar-refractivity contribution is -0.115. The quantitative estimate of drug-likeness (QED) is 0.500. The summed E-state index contributed by atoms with van der Waals surface area (Å²) >= 11 is 0. The Morgan fingerprint density at radius 2 is 2.10 bits per heavy atom. The number of nitrogen functional groups attached to an aromatic ring is 1. The molecule has 4 rings (SSSR count). The van der Waals surface area contributed by atoms with Crippen molar-refractivity contribution >= 4 is 31.1 Å². The lowest BCUT2D eigenvalue weighted by Crippen LogP contribution is -2.42. The third-order valence-electron chi connectivity index (χ3n) is 5.71. The highest BCUT2D eigenvalue weighted by atomic mass is 16.5. The zero-order valence-corrected chi connectivity index (χ0v) is 18.0. The summed E-state index contributed by atoms with van der Waals surface area (Å²) in [6.45, 7) is 5.84. The minimum Gasteiger partial charge on any atom is -0.463 e. The Balaban J connectivity index is 1.60. The number of hydrogen-bond donors (Lipinski definition) is 2. The van der Waals surface area contributed by atoms with Gasteiger partial charge in [-0.25, -0.2) is 0 Å². The number of carbonyl (C=O) groups is 1. The van der Waals surface area contributed by atoms with Gasteiger partial charge in [0.2, 0.25) is 5.91 Å². The highest BCUT2D eigenvalue weighted by molar-refractivity contribution is 6.15. The van der Waals surface area contributed by atoms with Crippen LogP contribution in [0.3, 0.4) is 0 Å². The first kappa shape index (κ1) is 21.4. The molecule has 0 spiro atoms. The van der Waals surface area contributed by atoms with Crippen molar-refractivity contribution in [2.24, 2.45) is 0 Å². The van der Waals surface area contributed by atoms with E-state index in [9.17, 15) is 4.79 Å². The molecule has 1 atom stereocenters. The molecule has 0 bridgehead atoms. The Bertz CT molecular complexity index is 934. The summed E-state index contributed by atoms with van der Waals surface area (Å²) in [4.78, 5) is 25.3. The molecule has 162 valence electrons. The van der Waals surface area contributed by atoms with E-state index in [1.807, 2.05) is 12.1 Å². The summed E-state index contributed by atoms with van der Waals surface area (Å²) in [5, 5.41) is 2.77. The largest absolute Gasteiger partial charge is 0.463 e. The van der Waals surface area contributed by atoms with E-state index in [0.29, 0.717) is 18.1 Å². The molecule has 2 aliphatic heterocycles. The van der Waals surface area contributed by atoms with Gasteiger partial charge in [-0.05, 0) is 43.5 Å². The summed E-state index contributed by atoms with van der Waals surface area (Å²) in [7, 11) is 6.64. The minimum absolute atomic E-state index is 0.0787. The Hall–Kier alpha value is -2.81. The Kier molecular flexibility index (Phi) is 6.60. The van der Waals surface area contributed by atoms with E-state index in [4.69, 9.17) is 18.3 Å². The third kappa shape index (κ3) is 4.93. The van der Waals surface area contributed by atoms with E-state index >= 15 is 0 Å². The highest BCUT2D eigenvalue weighted by Crippen LogP contribution is 2.37. The number of rotatable bonds is 8. The number of unbranched alkanes of at least 4 members (excludes halogenated alkanes) is 1. The molecule has 1 unspecified atom stereocenters. The molecule has 1 aromatic carbocycles. The molecule has 0 aliphatic carbocycles. The summed E-state index contributed by atoms with van der Waals surface area (Å²) in [5.74, 6) is -0.104. The monoisotopic (exact) mass is 420 g/mol. The van der Waals surface area contributed by atoms with Crippen LogP contribution >= 0.6 is 0 Å². The van der Waals surface area contributed by atoms with Crippen LogP contribution < -0.4 is 20.7 Å². The van der Waals surface area contributed by atoms with Crippen LogP contribution in [0.4, 0.5) is 17.3 Å². The lowest BCUT2D eigenvalue weighted by Gasteiger charge is -2.35. The number of ether oxygens (including phenoxy) is 1. The standard InChI is InChI=1S/C22H29BN6O2/c1-2-3-11-31-22-26-20(24)18-21(27-22)29(14-17(30)25-18)19(23)16-8-6-7-15(12-16)13-28-9-4-5-10-28/h6-8,12,19H,2-5,9-11,13-14H2,1H3,(H,25,30)(H2,24,26,27). The number of nitrogens with one attached hydrogen (secondary N) is 1. The lowest BCUT2D eigenvalue weighted by atomic mass is 9.86. The van der Waals surface area contributed by atoms with Gasteiger partial charge in [0.05, 0.1) is 13.2 Å². The van der Waals surface area contributed by atoms with Crippen LogP contribution in [0.1, 0.15) is 49.7 Å². The SMILES string of the molecule is [B]C(c1cccc(CN2CCCC2)c1)N1CC(=O)Nc2c(N)nc(OCCCC)nc21. The third-order valence-corrected chi connectivity index (χ3v) is 5.71. The fraction of sp³-hybridized carbons (Fsp3) is 0.500. The number of nitrogens with two attached hydrogens (primary N) is 1. The van der Waals surface area contributed by atoms with Gasteiger partial charge in [0, 0.05) is 12.5 Å². The number of fused-ring (bicyclic) bond motifs is 1. The number of hydrogen-bond acceptors (Lipinski definition) is 7. The predicted octanol–water partition coefficient (Wildman–Crippen LogP) is 2.46. The number of nitrogens with zero attached hydrogens (tertiary/aromatic N) is 4. The van der Waals surface area contributed by atoms with E-state index in [0.717, 1.165) is 38.0 Å². The molecule has 3 N–H and O–H groups in total. The Morgan fingerprint density at radius 3 is 2.87 bits per heavy atom. The second-order valence-electron chi connectivity index (χ2n) is 8.14. The first-order valence-corrected chi connectivity index (χ1v) is 11.0. The van der Waals surface area contributed by atoms with E-state index in [1.54, 1.807) is 4.90 Å². The summed E-state index contributed by atoms with van der Waals surface area (Å²) in [6.07, 6.45) is 4.40. The van der Waals surface area contributed by atoms with E-state index in [2.05, 4.69) is 39.2 Å². The average molecular weight is 420 g/mol. The number of aromatic nitrogens is 2. The van der Waals surface area contributed by atoms with Crippen molar-refractivity contribution in [3.8, 4) is 6.01 Å². The van der Waals surface area contributed by atoms with Gasteiger partial charge in [-0.15, -0.1) is 0 Å². The maximum Gasteiger partial charge on any atom is 0.320 e. The smallest absolute Gasteiger partial charge is 0.320 e. The zero-order valence-electron chi connectivity index (χ0n) is 18.0. The van der Waals surface area contributed by atoms with Gasteiger partial charge in [-0.1, -0.05) is 37.6 Å². The van der Waals surface area contributed by atoms with Gasteiger partial charge in [-0.3, -0.25) is 9.69 Å². The molecule has 0 saturated carbocycles.